The minimum Gasteiger partial charge on any atom is -0.118 e. The highest BCUT2D eigenvalue weighted by Crippen LogP contribution is 2.69. The van der Waals surface area contributed by atoms with Gasteiger partial charge in [-0.15, -0.1) is 47.0 Å². The summed E-state index contributed by atoms with van der Waals surface area (Å²) in [6.45, 7) is 9.18. The molecule has 4 aliphatic rings. The minimum absolute atomic E-state index is 1.22. The molecule has 0 bridgehead atoms. The normalized spacial score (nSPS) is 23.3. The number of hydrogen-bond donors (Lipinski definition) is 0. The summed E-state index contributed by atoms with van der Waals surface area (Å²) in [5, 5.41) is 4.78. The van der Waals surface area contributed by atoms with Gasteiger partial charge < -0.3 is 0 Å². The Morgan fingerprint density at radius 1 is 0.450 bits per heavy atom. The topological polar surface area (TPSA) is 0 Å². The van der Waals surface area contributed by atoms with Crippen LogP contribution in [0.4, 0.5) is 0 Å². The maximum absolute atomic E-state index is 2.39. The molecule has 0 fully saturated rings. The number of unbranched alkanes of at least 4 members (excludes halogenated alkanes) is 4. The van der Waals surface area contributed by atoms with E-state index in [-0.39, 0.29) is 0 Å². The largest absolute Gasteiger partial charge is 0.118 e. The first-order chi connectivity index (χ1) is 19.7. The summed E-state index contributed by atoms with van der Waals surface area (Å²) in [4.78, 5) is 3.07. The molecule has 0 atom stereocenters. The maximum Gasteiger partial charge on any atom is 0.0712 e. The number of thioether (sulfide) groups is 12. The first-order valence-corrected chi connectivity index (χ1v) is 24.6. The average Bonchev–Trinajstić information content (AvgIpc) is 3.75. The van der Waals surface area contributed by atoms with Crippen molar-refractivity contribution in [1.29, 1.82) is 0 Å². The van der Waals surface area contributed by atoms with Crippen molar-refractivity contribution in [2.75, 3.05) is 23.0 Å². The molecule has 4 rings (SSSR count). The van der Waals surface area contributed by atoms with Gasteiger partial charge in [0.25, 0.3) is 0 Å². The van der Waals surface area contributed by atoms with Crippen LogP contribution in [0.25, 0.3) is 0 Å². The van der Waals surface area contributed by atoms with Gasteiger partial charge in [-0.05, 0) is 59.5 Å². The van der Waals surface area contributed by atoms with Crippen LogP contribution in [0.3, 0.4) is 0 Å². The Kier molecular flexibility index (Phi) is 17.7. The van der Waals surface area contributed by atoms with Crippen molar-refractivity contribution < 1.29 is 0 Å². The van der Waals surface area contributed by atoms with Gasteiger partial charge in [0.15, 0.2) is 0 Å². The molecule has 40 heavy (non-hydrogen) atoms. The zero-order valence-corrected chi connectivity index (χ0v) is 33.3. The first kappa shape index (κ1) is 35.5. The lowest BCUT2D eigenvalue weighted by Crippen LogP contribution is -1.84. The monoisotopic (exact) mass is 758 g/mol. The van der Waals surface area contributed by atoms with Crippen molar-refractivity contribution >= 4 is 141 Å². The molecule has 0 aromatic carbocycles. The van der Waals surface area contributed by atoms with E-state index in [1.54, 1.807) is 0 Å². The lowest BCUT2D eigenvalue weighted by atomic mass is 10.4. The fourth-order valence-electron chi connectivity index (χ4n) is 3.25. The Morgan fingerprint density at radius 2 is 0.825 bits per heavy atom. The van der Waals surface area contributed by atoms with E-state index in [4.69, 9.17) is 0 Å². The highest BCUT2D eigenvalue weighted by atomic mass is 32.3. The van der Waals surface area contributed by atoms with E-state index < -0.39 is 0 Å². The fraction of sp³-hybridized carbons (Fsp3) is 0.571. The molecule has 0 saturated heterocycles. The second-order valence-electron chi connectivity index (χ2n) is 8.91. The molecule has 12 heteroatoms. The quantitative estimate of drug-likeness (QED) is 0.130. The van der Waals surface area contributed by atoms with Crippen molar-refractivity contribution in [3.8, 4) is 0 Å². The van der Waals surface area contributed by atoms with Crippen molar-refractivity contribution in [3.63, 3.8) is 0 Å². The molecule has 0 saturated carbocycles. The van der Waals surface area contributed by atoms with Crippen LogP contribution < -0.4 is 0 Å². The molecule has 4 aliphatic heterocycles. The van der Waals surface area contributed by atoms with Gasteiger partial charge in [-0.3, -0.25) is 0 Å². The zero-order chi connectivity index (χ0) is 28.2. The third kappa shape index (κ3) is 10.9. The molecular weight excluding hydrogens is 721 g/mol. The Labute approximate surface area is 294 Å². The van der Waals surface area contributed by atoms with E-state index in [0.29, 0.717) is 0 Å². The predicted octanol–water partition coefficient (Wildman–Crippen LogP) is 15.2. The van der Waals surface area contributed by atoms with Gasteiger partial charge >= 0.3 is 0 Å². The third-order valence-corrected chi connectivity index (χ3v) is 22.5. The van der Waals surface area contributed by atoms with Gasteiger partial charge in [0, 0.05) is 9.81 Å². The fourth-order valence-corrected chi connectivity index (χ4v) is 20.7. The van der Waals surface area contributed by atoms with Crippen LogP contribution in [0.1, 0.15) is 79.1 Å². The van der Waals surface area contributed by atoms with Crippen molar-refractivity contribution in [2.45, 2.75) is 79.1 Å². The van der Waals surface area contributed by atoms with Gasteiger partial charge in [-0.2, -0.15) is 0 Å². The molecule has 0 nitrogen and oxygen atoms in total. The summed E-state index contributed by atoms with van der Waals surface area (Å²) >= 11 is 24.4. The third-order valence-electron chi connectivity index (χ3n) is 5.53. The molecule has 4 heterocycles. The molecule has 0 unspecified atom stereocenters. The summed E-state index contributed by atoms with van der Waals surface area (Å²) in [7, 11) is 0. The average molecular weight is 759 g/mol. The van der Waals surface area contributed by atoms with Crippen LogP contribution in [0.5, 0.6) is 0 Å². The van der Waals surface area contributed by atoms with Crippen LogP contribution >= 0.6 is 141 Å². The van der Waals surface area contributed by atoms with E-state index >= 15 is 0 Å². The smallest absolute Gasteiger partial charge is 0.0712 e. The standard InChI is InChI=1S/C28H38S12/c1-5-9-13-29-19-17-33-25(35-19)27-37-21(23(39-27)31-15-11-7-3)22-24(32-16-12-8-4)40-28(38-22)26-34-18-20(36-26)30-14-10-6-2/h17-18H,5-16H2,1-4H3/b27-25-,28-26-. The molecule has 0 aliphatic carbocycles. The van der Waals surface area contributed by atoms with Crippen molar-refractivity contribution in [3.05, 3.63) is 54.5 Å². The molecule has 222 valence electrons. The Bertz CT molecular complexity index is 981. The Balaban J connectivity index is 1.52. The summed E-state index contributed by atoms with van der Waals surface area (Å²) in [6, 6.07) is 0. The number of hydrogen-bond acceptors (Lipinski definition) is 12. The van der Waals surface area contributed by atoms with Crippen molar-refractivity contribution in [2.24, 2.45) is 0 Å². The van der Waals surface area contributed by atoms with Crippen molar-refractivity contribution in [1.82, 2.24) is 0 Å². The van der Waals surface area contributed by atoms with Crippen LogP contribution in [-0.2, 0) is 0 Å². The first-order valence-electron chi connectivity index (χ1n) is 14.0. The lowest BCUT2D eigenvalue weighted by molar-refractivity contribution is 0.897. The van der Waals surface area contributed by atoms with Gasteiger partial charge in [0.2, 0.25) is 0 Å². The van der Waals surface area contributed by atoms with Crippen LogP contribution in [0.15, 0.2) is 54.5 Å². The molecular formula is C28H38S12. The Morgan fingerprint density at radius 3 is 1.20 bits per heavy atom. The Hall–Kier alpha value is 2.64. The second kappa shape index (κ2) is 20.0. The summed E-state index contributed by atoms with van der Waals surface area (Å²) in [5.41, 5.74) is 0. The number of rotatable bonds is 17. The molecule has 0 amide bonds. The van der Waals surface area contributed by atoms with Crippen LogP contribution in [-0.4, -0.2) is 23.0 Å². The van der Waals surface area contributed by atoms with Gasteiger partial charge in [0.05, 0.1) is 33.9 Å². The summed E-state index contributed by atoms with van der Waals surface area (Å²) in [6.07, 6.45) is 10.2. The van der Waals surface area contributed by atoms with Gasteiger partial charge in [-0.1, -0.05) is 147 Å². The maximum atomic E-state index is 2.39. The second-order valence-corrected chi connectivity index (χ2v) is 23.4. The molecule has 0 spiro atoms. The highest BCUT2D eigenvalue weighted by molar-refractivity contribution is 8.42. The van der Waals surface area contributed by atoms with E-state index in [0.717, 1.165) is 0 Å². The highest BCUT2D eigenvalue weighted by Gasteiger charge is 2.35. The van der Waals surface area contributed by atoms with Gasteiger partial charge in [0.1, 0.15) is 0 Å². The SMILES string of the molecule is CCCCSC1=CS/C(=C2/SC(SCCCC)=C(C3=C(SCCCC)S/C(=C4/SC=C(SCCCC)S4)S3)S2)S1. The van der Waals surface area contributed by atoms with E-state index in [1.807, 2.05) is 70.6 Å². The van der Waals surface area contributed by atoms with Crippen LogP contribution in [0.2, 0.25) is 0 Å². The molecule has 0 aromatic rings. The minimum atomic E-state index is 1.22. The van der Waals surface area contributed by atoms with E-state index in [9.17, 15) is 0 Å². The zero-order valence-electron chi connectivity index (χ0n) is 23.5. The summed E-state index contributed by atoms with van der Waals surface area (Å²) in [5.74, 6) is 4.91. The molecule has 0 radical (unpaired) electrons. The van der Waals surface area contributed by atoms with E-state index in [1.165, 1.54) is 118 Å². The van der Waals surface area contributed by atoms with Crippen LogP contribution in [0, 0.1) is 0 Å². The summed E-state index contributed by atoms with van der Waals surface area (Å²) < 4.78 is 12.0. The molecule has 0 aromatic heterocycles. The predicted molar refractivity (Wildman–Crippen MR) is 214 cm³/mol. The lowest BCUT2D eigenvalue weighted by Gasteiger charge is -2.08. The van der Waals surface area contributed by atoms with Gasteiger partial charge in [-0.25, -0.2) is 0 Å². The van der Waals surface area contributed by atoms with E-state index in [2.05, 4.69) is 109 Å². The molecule has 0 N–H and O–H groups in total.